The molecule has 1 aliphatic rings. The Balaban J connectivity index is 2.32. The van der Waals surface area contributed by atoms with Gasteiger partial charge in [0.15, 0.2) is 9.84 Å². The van der Waals surface area contributed by atoms with Crippen molar-refractivity contribution in [1.82, 2.24) is 5.32 Å². The summed E-state index contributed by atoms with van der Waals surface area (Å²) in [4.78, 5) is 10.9. The first kappa shape index (κ1) is 13.4. The van der Waals surface area contributed by atoms with E-state index >= 15 is 0 Å². The van der Waals surface area contributed by atoms with Crippen LogP contribution < -0.4 is 5.32 Å². The van der Waals surface area contributed by atoms with E-state index < -0.39 is 21.6 Å². The molecular formula is C10H19NO4S. The Kier molecular flexibility index (Phi) is 5.21. The molecule has 16 heavy (non-hydrogen) atoms. The number of esters is 1. The summed E-state index contributed by atoms with van der Waals surface area (Å²) in [6.07, 6.45) is 2.70. The molecule has 0 spiro atoms. The van der Waals surface area contributed by atoms with Gasteiger partial charge in [-0.1, -0.05) is 0 Å². The number of hydrogen-bond acceptors (Lipinski definition) is 5. The van der Waals surface area contributed by atoms with Gasteiger partial charge in [-0.05, 0) is 38.3 Å². The minimum atomic E-state index is -3.29. The molecule has 1 saturated heterocycles. The summed E-state index contributed by atoms with van der Waals surface area (Å²) < 4.78 is 27.4. The van der Waals surface area contributed by atoms with E-state index in [1.807, 2.05) is 0 Å². The third kappa shape index (κ3) is 4.94. The topological polar surface area (TPSA) is 72.5 Å². The molecule has 0 saturated carbocycles. The molecule has 0 aliphatic carbocycles. The Morgan fingerprint density at radius 2 is 2.00 bits per heavy atom. The zero-order valence-corrected chi connectivity index (χ0v) is 10.4. The van der Waals surface area contributed by atoms with Gasteiger partial charge in [-0.25, -0.2) is 8.42 Å². The molecule has 6 heteroatoms. The lowest BCUT2D eigenvalue weighted by Gasteiger charge is -2.22. The third-order valence-electron chi connectivity index (χ3n) is 2.86. The predicted octanol–water partition coefficient (Wildman–Crippen LogP) is -0.0361. The second kappa shape index (κ2) is 6.20. The lowest BCUT2D eigenvalue weighted by atomic mass is 9.96. The lowest BCUT2D eigenvalue weighted by Crippen LogP contribution is -2.29. The van der Waals surface area contributed by atoms with Crippen LogP contribution in [0.1, 0.15) is 19.3 Å². The molecule has 94 valence electrons. The molecule has 0 aromatic carbocycles. The Morgan fingerprint density at radius 3 is 2.56 bits per heavy atom. The normalized spacial score (nSPS) is 18.3. The van der Waals surface area contributed by atoms with E-state index in [-0.39, 0.29) is 5.75 Å². The van der Waals surface area contributed by atoms with E-state index in [1.165, 1.54) is 7.11 Å². The summed E-state index contributed by atoms with van der Waals surface area (Å²) in [6, 6.07) is 0. The van der Waals surface area contributed by atoms with Crippen LogP contribution in [0.15, 0.2) is 0 Å². The van der Waals surface area contributed by atoms with Crippen molar-refractivity contribution < 1.29 is 17.9 Å². The number of nitrogens with one attached hydrogen (secondary N) is 1. The minimum Gasteiger partial charge on any atom is -0.468 e. The second-order valence-corrected chi connectivity index (χ2v) is 6.33. The third-order valence-corrected chi connectivity index (χ3v) is 4.39. The van der Waals surface area contributed by atoms with E-state index in [9.17, 15) is 13.2 Å². The van der Waals surface area contributed by atoms with Crippen molar-refractivity contribution in [2.75, 3.05) is 31.7 Å². The standard InChI is InChI=1S/C10H19NO4S/c1-15-10(12)8-16(13,14)7-4-9-2-5-11-6-3-9/h9,11H,2-8H2,1H3. The Bertz CT molecular complexity index is 320. The van der Waals surface area contributed by atoms with Crippen LogP contribution in [0, 0.1) is 5.92 Å². The first-order chi connectivity index (χ1) is 7.53. The predicted molar refractivity (Wildman–Crippen MR) is 60.9 cm³/mol. The number of ether oxygens (including phenoxy) is 1. The number of carbonyl (C=O) groups is 1. The minimum absolute atomic E-state index is 0.0900. The summed E-state index contributed by atoms with van der Waals surface area (Å²) in [7, 11) is -2.09. The zero-order valence-electron chi connectivity index (χ0n) is 9.57. The highest BCUT2D eigenvalue weighted by Crippen LogP contribution is 2.16. The summed E-state index contributed by atoms with van der Waals surface area (Å²) in [6.45, 7) is 1.92. The summed E-state index contributed by atoms with van der Waals surface area (Å²) in [5.74, 6) is -0.611. The van der Waals surface area contributed by atoms with Crippen LogP contribution >= 0.6 is 0 Å². The van der Waals surface area contributed by atoms with Gasteiger partial charge in [0.2, 0.25) is 0 Å². The van der Waals surface area contributed by atoms with Crippen molar-refractivity contribution in [2.24, 2.45) is 5.92 Å². The maximum atomic E-state index is 11.5. The lowest BCUT2D eigenvalue weighted by molar-refractivity contribution is -0.137. The van der Waals surface area contributed by atoms with E-state index in [2.05, 4.69) is 10.1 Å². The van der Waals surface area contributed by atoms with Crippen LogP contribution in [0.2, 0.25) is 0 Å². The van der Waals surface area contributed by atoms with Crippen LogP contribution in [0.5, 0.6) is 0 Å². The van der Waals surface area contributed by atoms with Gasteiger partial charge >= 0.3 is 5.97 Å². The fourth-order valence-corrected chi connectivity index (χ4v) is 3.14. The number of rotatable bonds is 5. The summed E-state index contributed by atoms with van der Waals surface area (Å²) in [5.41, 5.74) is 0. The van der Waals surface area contributed by atoms with Crippen LogP contribution in [-0.2, 0) is 19.4 Å². The molecule has 0 bridgehead atoms. The maximum absolute atomic E-state index is 11.5. The molecule has 1 aliphatic heterocycles. The fourth-order valence-electron chi connectivity index (χ4n) is 1.83. The van der Waals surface area contributed by atoms with Gasteiger partial charge < -0.3 is 10.1 Å². The van der Waals surface area contributed by atoms with Gasteiger partial charge in [-0.2, -0.15) is 0 Å². The van der Waals surface area contributed by atoms with Gasteiger partial charge in [0.05, 0.1) is 12.9 Å². The molecule has 0 amide bonds. The van der Waals surface area contributed by atoms with Gasteiger partial charge in [-0.3, -0.25) is 4.79 Å². The molecule has 1 N–H and O–H groups in total. The van der Waals surface area contributed by atoms with Gasteiger partial charge in [-0.15, -0.1) is 0 Å². The van der Waals surface area contributed by atoms with Crippen molar-refractivity contribution >= 4 is 15.8 Å². The molecule has 1 rings (SSSR count). The SMILES string of the molecule is COC(=O)CS(=O)(=O)CCC1CCNCC1. The average molecular weight is 249 g/mol. The molecule has 0 radical (unpaired) electrons. The molecule has 0 aromatic heterocycles. The van der Waals surface area contributed by atoms with Crippen molar-refractivity contribution in [3.8, 4) is 0 Å². The largest absolute Gasteiger partial charge is 0.468 e. The van der Waals surface area contributed by atoms with Crippen molar-refractivity contribution in [1.29, 1.82) is 0 Å². The molecule has 5 nitrogen and oxygen atoms in total. The van der Waals surface area contributed by atoms with E-state index in [0.717, 1.165) is 25.9 Å². The number of piperidine rings is 1. The van der Waals surface area contributed by atoms with Crippen molar-refractivity contribution in [2.45, 2.75) is 19.3 Å². The Labute approximate surface area is 96.5 Å². The number of carbonyl (C=O) groups excluding carboxylic acids is 1. The highest BCUT2D eigenvalue weighted by molar-refractivity contribution is 7.92. The highest BCUT2D eigenvalue weighted by atomic mass is 32.2. The Morgan fingerprint density at radius 1 is 1.38 bits per heavy atom. The second-order valence-electron chi connectivity index (χ2n) is 4.15. The molecule has 0 aromatic rings. The van der Waals surface area contributed by atoms with Gasteiger partial charge in [0.25, 0.3) is 0 Å². The molecule has 0 atom stereocenters. The number of hydrogen-bond donors (Lipinski definition) is 1. The maximum Gasteiger partial charge on any atom is 0.320 e. The molecule has 0 unspecified atom stereocenters. The van der Waals surface area contributed by atoms with Gasteiger partial charge in [0, 0.05) is 0 Å². The van der Waals surface area contributed by atoms with Crippen LogP contribution in [0.25, 0.3) is 0 Å². The smallest absolute Gasteiger partial charge is 0.320 e. The average Bonchev–Trinajstić information content (AvgIpc) is 2.27. The van der Waals surface area contributed by atoms with E-state index in [0.29, 0.717) is 12.3 Å². The summed E-state index contributed by atoms with van der Waals surface area (Å²) in [5, 5.41) is 3.23. The van der Waals surface area contributed by atoms with Crippen molar-refractivity contribution in [3.05, 3.63) is 0 Å². The van der Waals surface area contributed by atoms with E-state index in [4.69, 9.17) is 0 Å². The first-order valence-electron chi connectivity index (χ1n) is 5.51. The Hall–Kier alpha value is -0.620. The number of methoxy groups -OCH3 is 1. The summed E-state index contributed by atoms with van der Waals surface area (Å²) >= 11 is 0. The van der Waals surface area contributed by atoms with Crippen molar-refractivity contribution in [3.63, 3.8) is 0 Å². The zero-order chi connectivity index (χ0) is 12.0. The first-order valence-corrected chi connectivity index (χ1v) is 7.33. The molecular weight excluding hydrogens is 230 g/mol. The van der Waals surface area contributed by atoms with Crippen LogP contribution in [-0.4, -0.2) is 46.1 Å². The van der Waals surface area contributed by atoms with E-state index in [1.54, 1.807) is 0 Å². The van der Waals surface area contributed by atoms with Gasteiger partial charge in [0.1, 0.15) is 5.75 Å². The monoisotopic (exact) mass is 249 g/mol. The quantitative estimate of drug-likeness (QED) is 0.692. The fraction of sp³-hybridized carbons (Fsp3) is 0.900. The number of sulfone groups is 1. The highest BCUT2D eigenvalue weighted by Gasteiger charge is 2.20. The van der Waals surface area contributed by atoms with Crippen LogP contribution in [0.3, 0.4) is 0 Å². The molecule has 1 fully saturated rings. The molecule has 1 heterocycles. The van der Waals surface area contributed by atoms with Crippen LogP contribution in [0.4, 0.5) is 0 Å².